The number of carbonyl (C=O) groups is 1. The lowest BCUT2D eigenvalue weighted by molar-refractivity contribution is -0.132. The minimum Gasteiger partial charge on any atom is -0.478 e. The number of para-hydroxylation sites is 1. The number of aliphatic carboxylic acids is 1. The van der Waals surface area contributed by atoms with E-state index in [9.17, 15) is 4.79 Å². The van der Waals surface area contributed by atoms with Crippen LogP contribution >= 0.6 is 0 Å². The number of hydrogen-bond donors (Lipinski definition) is 1. The second-order valence-electron chi connectivity index (χ2n) is 3.27. The second-order valence-corrected chi connectivity index (χ2v) is 3.27. The van der Waals surface area contributed by atoms with Gasteiger partial charge in [0, 0.05) is 5.39 Å². The molecule has 0 spiro atoms. The summed E-state index contributed by atoms with van der Waals surface area (Å²) in [5, 5.41) is 13.8. The number of fused-ring (bicyclic) bond motifs is 1. The molecular weight excluding hydrogens is 192 g/mol. The molecule has 2 aromatic rings. The number of aromatic nitrogens is 2. The van der Waals surface area contributed by atoms with Crippen molar-refractivity contribution in [1.82, 2.24) is 9.78 Å². The fourth-order valence-corrected chi connectivity index (χ4v) is 1.40. The van der Waals surface area contributed by atoms with E-state index >= 15 is 0 Å². The van der Waals surface area contributed by atoms with E-state index < -0.39 is 5.97 Å². The van der Waals surface area contributed by atoms with Crippen LogP contribution in [0.2, 0.25) is 0 Å². The predicted octanol–water partition coefficient (Wildman–Crippen LogP) is 1.68. The zero-order valence-corrected chi connectivity index (χ0v) is 8.05. The number of nitrogens with zero attached hydrogens (tertiary/aromatic N) is 2. The Hall–Kier alpha value is -2.10. The van der Waals surface area contributed by atoms with E-state index in [4.69, 9.17) is 5.11 Å². The first-order valence-electron chi connectivity index (χ1n) is 4.50. The highest BCUT2D eigenvalue weighted by Gasteiger charge is 2.07. The van der Waals surface area contributed by atoms with Crippen molar-refractivity contribution < 1.29 is 9.90 Å². The van der Waals surface area contributed by atoms with Gasteiger partial charge in [-0.1, -0.05) is 24.8 Å². The number of carboxylic acid groups (broad SMARTS) is 1. The van der Waals surface area contributed by atoms with E-state index in [-0.39, 0.29) is 12.1 Å². The molecule has 4 nitrogen and oxygen atoms in total. The quantitative estimate of drug-likeness (QED) is 0.770. The van der Waals surface area contributed by atoms with Gasteiger partial charge in [-0.25, -0.2) is 4.79 Å². The van der Waals surface area contributed by atoms with Gasteiger partial charge >= 0.3 is 5.97 Å². The average Bonchev–Trinajstić information content (AvgIpc) is 2.62. The molecule has 1 aromatic heterocycles. The van der Waals surface area contributed by atoms with Crippen LogP contribution in [0, 0.1) is 0 Å². The van der Waals surface area contributed by atoms with Crippen molar-refractivity contribution in [1.29, 1.82) is 0 Å². The minimum atomic E-state index is -0.991. The molecule has 4 heteroatoms. The summed E-state index contributed by atoms with van der Waals surface area (Å²) in [6, 6.07) is 7.64. The molecule has 0 unspecified atom stereocenters. The Morgan fingerprint density at radius 2 is 2.20 bits per heavy atom. The third kappa shape index (κ3) is 1.74. The summed E-state index contributed by atoms with van der Waals surface area (Å²) in [5.41, 5.74) is 1.05. The molecule has 0 radical (unpaired) electrons. The first-order valence-corrected chi connectivity index (χ1v) is 4.50. The summed E-state index contributed by atoms with van der Waals surface area (Å²) in [5.74, 6) is -0.991. The second kappa shape index (κ2) is 3.57. The van der Waals surface area contributed by atoms with Crippen molar-refractivity contribution >= 4 is 16.9 Å². The lowest BCUT2D eigenvalue weighted by Crippen LogP contribution is -2.09. The molecule has 0 aliphatic carbocycles. The first-order chi connectivity index (χ1) is 7.18. The van der Waals surface area contributed by atoms with Crippen molar-refractivity contribution in [2.24, 2.45) is 0 Å². The summed E-state index contributed by atoms with van der Waals surface area (Å²) in [4.78, 5) is 10.6. The van der Waals surface area contributed by atoms with E-state index in [1.54, 1.807) is 10.9 Å². The maximum atomic E-state index is 10.6. The Morgan fingerprint density at radius 1 is 1.47 bits per heavy atom. The molecule has 0 atom stereocenters. The van der Waals surface area contributed by atoms with Crippen LogP contribution < -0.4 is 0 Å². The largest absolute Gasteiger partial charge is 0.478 e. The zero-order chi connectivity index (χ0) is 10.8. The zero-order valence-electron chi connectivity index (χ0n) is 8.05. The van der Waals surface area contributed by atoms with Crippen molar-refractivity contribution in [3.05, 3.63) is 42.6 Å². The highest BCUT2D eigenvalue weighted by atomic mass is 16.4. The molecule has 1 heterocycles. The van der Waals surface area contributed by atoms with Gasteiger partial charge in [-0.2, -0.15) is 5.10 Å². The van der Waals surface area contributed by atoms with Crippen LogP contribution in [-0.2, 0) is 11.3 Å². The molecule has 0 amide bonds. The average molecular weight is 202 g/mol. The third-order valence-corrected chi connectivity index (χ3v) is 2.19. The molecule has 0 aliphatic heterocycles. The van der Waals surface area contributed by atoms with Crippen LogP contribution in [0.4, 0.5) is 0 Å². The third-order valence-electron chi connectivity index (χ3n) is 2.19. The molecule has 0 saturated carbocycles. The monoisotopic (exact) mass is 202 g/mol. The highest BCUT2D eigenvalue weighted by Crippen LogP contribution is 2.13. The van der Waals surface area contributed by atoms with Gasteiger partial charge in [-0.15, -0.1) is 0 Å². The van der Waals surface area contributed by atoms with Crippen LogP contribution in [0.25, 0.3) is 10.9 Å². The normalized spacial score (nSPS) is 10.4. The van der Waals surface area contributed by atoms with E-state index in [0.717, 1.165) is 10.9 Å². The Labute approximate surface area is 86.4 Å². The summed E-state index contributed by atoms with van der Waals surface area (Å²) < 4.78 is 1.63. The first kappa shape index (κ1) is 9.45. The van der Waals surface area contributed by atoms with Crippen molar-refractivity contribution in [2.45, 2.75) is 6.54 Å². The number of benzene rings is 1. The Balaban J connectivity index is 2.37. The highest BCUT2D eigenvalue weighted by molar-refractivity contribution is 5.86. The number of hydrogen-bond acceptors (Lipinski definition) is 2. The van der Waals surface area contributed by atoms with Gasteiger partial charge in [-0.3, -0.25) is 4.68 Å². The molecule has 1 N–H and O–H groups in total. The van der Waals surface area contributed by atoms with Gasteiger partial charge < -0.3 is 5.11 Å². The maximum Gasteiger partial charge on any atom is 0.332 e. The summed E-state index contributed by atoms with van der Waals surface area (Å²) in [6.07, 6.45) is 1.71. The SMILES string of the molecule is C=C(Cn1ncc2ccccc21)C(=O)O. The van der Waals surface area contributed by atoms with Gasteiger partial charge in [0.1, 0.15) is 0 Å². The summed E-state index contributed by atoms with van der Waals surface area (Å²) >= 11 is 0. The topological polar surface area (TPSA) is 55.1 Å². The molecule has 0 bridgehead atoms. The lowest BCUT2D eigenvalue weighted by Gasteiger charge is -2.02. The molecule has 0 aliphatic rings. The maximum absolute atomic E-state index is 10.6. The van der Waals surface area contributed by atoms with Gasteiger partial charge in [-0.05, 0) is 6.07 Å². The van der Waals surface area contributed by atoms with Crippen molar-refractivity contribution in [3.63, 3.8) is 0 Å². The van der Waals surface area contributed by atoms with Crippen LogP contribution in [0.3, 0.4) is 0 Å². The fourth-order valence-electron chi connectivity index (χ4n) is 1.40. The van der Waals surface area contributed by atoms with Crippen molar-refractivity contribution in [2.75, 3.05) is 0 Å². The van der Waals surface area contributed by atoms with Gasteiger partial charge in [0.2, 0.25) is 0 Å². The van der Waals surface area contributed by atoms with Crippen LogP contribution in [0.15, 0.2) is 42.6 Å². The molecule has 0 fully saturated rings. The molecular formula is C11H10N2O2. The predicted molar refractivity (Wildman–Crippen MR) is 56.5 cm³/mol. The Kier molecular flexibility index (Phi) is 2.25. The smallest absolute Gasteiger partial charge is 0.332 e. The Bertz CT molecular complexity index is 528. The molecule has 15 heavy (non-hydrogen) atoms. The van der Waals surface area contributed by atoms with Gasteiger partial charge in [0.05, 0.1) is 23.8 Å². The van der Waals surface area contributed by atoms with Crippen LogP contribution in [0.5, 0.6) is 0 Å². The summed E-state index contributed by atoms with van der Waals surface area (Å²) in [7, 11) is 0. The Morgan fingerprint density at radius 3 is 2.93 bits per heavy atom. The molecule has 2 rings (SSSR count). The number of rotatable bonds is 3. The lowest BCUT2D eigenvalue weighted by atomic mass is 10.2. The molecule has 1 aromatic carbocycles. The fraction of sp³-hybridized carbons (Fsp3) is 0.0909. The molecule has 0 saturated heterocycles. The van der Waals surface area contributed by atoms with E-state index in [1.807, 2.05) is 24.3 Å². The van der Waals surface area contributed by atoms with E-state index in [1.165, 1.54) is 0 Å². The standard InChI is InChI=1S/C11H10N2O2/c1-8(11(14)15)7-13-10-5-3-2-4-9(10)6-12-13/h2-6H,1,7H2,(H,14,15). The van der Waals surface area contributed by atoms with E-state index in [2.05, 4.69) is 11.7 Å². The van der Waals surface area contributed by atoms with Gasteiger partial charge in [0.25, 0.3) is 0 Å². The number of carboxylic acids is 1. The summed E-state index contributed by atoms with van der Waals surface area (Å²) in [6.45, 7) is 3.69. The minimum absolute atomic E-state index is 0.129. The van der Waals surface area contributed by atoms with E-state index in [0.29, 0.717) is 0 Å². The molecule has 76 valence electrons. The van der Waals surface area contributed by atoms with Gasteiger partial charge in [0.15, 0.2) is 0 Å². The van der Waals surface area contributed by atoms with Crippen molar-refractivity contribution in [3.8, 4) is 0 Å². The van der Waals surface area contributed by atoms with Crippen LogP contribution in [-0.4, -0.2) is 20.9 Å². The van der Waals surface area contributed by atoms with Crippen LogP contribution in [0.1, 0.15) is 0 Å².